The van der Waals surface area contributed by atoms with Gasteiger partial charge in [0.2, 0.25) is 0 Å². The van der Waals surface area contributed by atoms with Crippen LogP contribution in [0.25, 0.3) is 0 Å². The minimum absolute atomic E-state index is 0.184. The van der Waals surface area contributed by atoms with Gasteiger partial charge in [-0.15, -0.1) is 0 Å². The SMILES string of the molecule is CC(C)(C)OC(=O)N1CCCC1/C=C/OS(C)(=O)=O. The van der Waals surface area contributed by atoms with E-state index >= 15 is 0 Å². The van der Waals surface area contributed by atoms with Crippen LogP contribution in [0, 0.1) is 0 Å². The Morgan fingerprint density at radius 2 is 2.00 bits per heavy atom. The molecule has 0 bridgehead atoms. The smallest absolute Gasteiger partial charge is 0.410 e. The lowest BCUT2D eigenvalue weighted by atomic mass is 10.2. The van der Waals surface area contributed by atoms with E-state index in [9.17, 15) is 13.2 Å². The zero-order valence-corrected chi connectivity index (χ0v) is 12.6. The van der Waals surface area contributed by atoms with Crippen LogP contribution in [0.5, 0.6) is 0 Å². The van der Waals surface area contributed by atoms with E-state index in [0.717, 1.165) is 25.4 Å². The van der Waals surface area contributed by atoms with Gasteiger partial charge < -0.3 is 13.8 Å². The second-order valence-electron chi connectivity index (χ2n) is 5.51. The molecule has 19 heavy (non-hydrogen) atoms. The summed E-state index contributed by atoms with van der Waals surface area (Å²) in [4.78, 5) is 13.5. The lowest BCUT2D eigenvalue weighted by Gasteiger charge is -2.27. The van der Waals surface area contributed by atoms with Crippen LogP contribution in [-0.4, -0.2) is 43.9 Å². The van der Waals surface area contributed by atoms with Crippen molar-refractivity contribution in [2.45, 2.75) is 45.3 Å². The van der Waals surface area contributed by atoms with Crippen molar-refractivity contribution in [2.24, 2.45) is 0 Å². The molecule has 7 heteroatoms. The first-order valence-electron chi connectivity index (χ1n) is 6.13. The molecule has 1 fully saturated rings. The van der Waals surface area contributed by atoms with Crippen molar-refractivity contribution in [3.05, 3.63) is 12.3 Å². The molecule has 1 aliphatic rings. The monoisotopic (exact) mass is 291 g/mol. The summed E-state index contributed by atoms with van der Waals surface area (Å²) < 4.78 is 31.5. The van der Waals surface area contributed by atoms with Crippen molar-refractivity contribution in [1.82, 2.24) is 4.90 Å². The third-order valence-corrected chi connectivity index (χ3v) is 2.92. The lowest BCUT2D eigenvalue weighted by molar-refractivity contribution is 0.0255. The van der Waals surface area contributed by atoms with Gasteiger partial charge in [0.1, 0.15) is 11.9 Å². The van der Waals surface area contributed by atoms with Crippen molar-refractivity contribution in [3.8, 4) is 0 Å². The van der Waals surface area contributed by atoms with Gasteiger partial charge >= 0.3 is 16.2 Å². The van der Waals surface area contributed by atoms with E-state index in [1.54, 1.807) is 31.7 Å². The van der Waals surface area contributed by atoms with Crippen LogP contribution in [0.3, 0.4) is 0 Å². The van der Waals surface area contributed by atoms with Gasteiger partial charge in [0, 0.05) is 6.54 Å². The second kappa shape index (κ2) is 5.81. The van der Waals surface area contributed by atoms with Crippen LogP contribution in [0.1, 0.15) is 33.6 Å². The number of hydrogen-bond acceptors (Lipinski definition) is 5. The number of rotatable bonds is 3. The van der Waals surface area contributed by atoms with Crippen LogP contribution < -0.4 is 0 Å². The van der Waals surface area contributed by atoms with Gasteiger partial charge in [0.05, 0.1) is 12.3 Å². The molecule has 0 N–H and O–H groups in total. The molecule has 1 rings (SSSR count). The molecule has 1 amide bonds. The van der Waals surface area contributed by atoms with Crippen LogP contribution >= 0.6 is 0 Å². The van der Waals surface area contributed by atoms with Crippen LogP contribution in [0.2, 0.25) is 0 Å². The summed E-state index contributed by atoms with van der Waals surface area (Å²) in [7, 11) is -3.50. The van der Waals surface area contributed by atoms with Crippen molar-refractivity contribution in [3.63, 3.8) is 0 Å². The number of carbonyl (C=O) groups excluding carboxylic acids is 1. The molecule has 6 nitrogen and oxygen atoms in total. The number of likely N-dealkylation sites (tertiary alicyclic amines) is 1. The zero-order chi connectivity index (χ0) is 14.7. The summed E-state index contributed by atoms with van der Waals surface area (Å²) in [6, 6.07) is -0.184. The van der Waals surface area contributed by atoms with Crippen molar-refractivity contribution in [1.29, 1.82) is 0 Å². The Hall–Kier alpha value is -1.24. The highest BCUT2D eigenvalue weighted by Crippen LogP contribution is 2.21. The molecule has 110 valence electrons. The van der Waals surface area contributed by atoms with Gasteiger partial charge in [-0.3, -0.25) is 0 Å². The summed E-state index contributed by atoms with van der Waals surface area (Å²) in [5, 5.41) is 0. The Morgan fingerprint density at radius 3 is 2.53 bits per heavy atom. The molecule has 0 saturated carbocycles. The third-order valence-electron chi connectivity index (χ3n) is 2.46. The Labute approximate surface area is 114 Å². The summed E-state index contributed by atoms with van der Waals surface area (Å²) in [5.41, 5.74) is -0.544. The predicted octanol–water partition coefficient (Wildman–Crippen LogP) is 1.88. The Bertz CT molecular complexity index is 449. The molecular weight excluding hydrogens is 270 g/mol. The third kappa shape index (κ3) is 5.96. The standard InChI is InChI=1S/C12H21NO5S/c1-12(2,3)18-11(14)13-8-5-6-10(13)7-9-17-19(4,15)16/h7,9-10H,5-6,8H2,1-4H3/b9-7+. The van der Waals surface area contributed by atoms with Gasteiger partial charge in [-0.05, 0) is 39.7 Å². The number of nitrogens with zero attached hydrogens (tertiary/aromatic N) is 1. The molecule has 1 saturated heterocycles. The average molecular weight is 291 g/mol. The summed E-state index contributed by atoms with van der Waals surface area (Å²) >= 11 is 0. The van der Waals surface area contributed by atoms with Gasteiger partial charge in [-0.25, -0.2) is 4.79 Å². The lowest BCUT2D eigenvalue weighted by Crippen LogP contribution is -2.39. The molecule has 0 radical (unpaired) electrons. The van der Waals surface area contributed by atoms with E-state index in [1.807, 2.05) is 0 Å². The first kappa shape index (κ1) is 15.8. The van der Waals surface area contributed by atoms with Gasteiger partial charge in [-0.1, -0.05) is 0 Å². The van der Waals surface area contributed by atoms with Crippen molar-refractivity contribution >= 4 is 16.2 Å². The quantitative estimate of drug-likeness (QED) is 0.586. The molecule has 0 aromatic heterocycles. The molecule has 1 unspecified atom stereocenters. The fourth-order valence-electron chi connectivity index (χ4n) is 1.76. The van der Waals surface area contributed by atoms with E-state index in [4.69, 9.17) is 4.74 Å². The number of ether oxygens (including phenoxy) is 1. The molecule has 0 aliphatic carbocycles. The van der Waals surface area contributed by atoms with Crippen LogP contribution in [-0.2, 0) is 19.0 Å². The van der Waals surface area contributed by atoms with E-state index in [1.165, 1.54) is 0 Å². The molecule has 1 atom stereocenters. The Balaban J connectivity index is 2.62. The summed E-state index contributed by atoms with van der Waals surface area (Å²) in [5.74, 6) is 0. The molecule has 0 aromatic carbocycles. The maximum atomic E-state index is 11.9. The number of amides is 1. The van der Waals surface area contributed by atoms with Crippen molar-refractivity contribution < 1.29 is 22.1 Å². The van der Waals surface area contributed by atoms with E-state index < -0.39 is 15.7 Å². The largest absolute Gasteiger partial charge is 0.444 e. The highest BCUT2D eigenvalue weighted by Gasteiger charge is 2.30. The average Bonchev–Trinajstić information content (AvgIpc) is 2.61. The molecule has 0 aromatic rings. The van der Waals surface area contributed by atoms with E-state index in [-0.39, 0.29) is 12.1 Å². The van der Waals surface area contributed by atoms with Crippen LogP contribution in [0.4, 0.5) is 4.79 Å². The topological polar surface area (TPSA) is 72.9 Å². The van der Waals surface area contributed by atoms with Gasteiger partial charge in [0.25, 0.3) is 0 Å². The minimum atomic E-state index is -3.50. The van der Waals surface area contributed by atoms with E-state index in [0.29, 0.717) is 6.54 Å². The minimum Gasteiger partial charge on any atom is -0.444 e. The van der Waals surface area contributed by atoms with Gasteiger partial charge in [-0.2, -0.15) is 8.42 Å². The predicted molar refractivity (Wildman–Crippen MR) is 71.0 cm³/mol. The maximum Gasteiger partial charge on any atom is 0.410 e. The van der Waals surface area contributed by atoms with Crippen molar-refractivity contribution in [2.75, 3.05) is 12.8 Å². The Kier molecular flexibility index (Phi) is 4.84. The number of carbonyl (C=O) groups is 1. The second-order valence-corrected chi connectivity index (χ2v) is 7.11. The molecule has 0 spiro atoms. The first-order valence-corrected chi connectivity index (χ1v) is 7.95. The highest BCUT2D eigenvalue weighted by molar-refractivity contribution is 7.86. The molecule has 1 aliphatic heterocycles. The highest BCUT2D eigenvalue weighted by atomic mass is 32.2. The summed E-state index contributed by atoms with van der Waals surface area (Å²) in [6.45, 7) is 6.01. The molecular formula is C12H21NO5S. The fourth-order valence-corrected chi connectivity index (χ4v) is 2.03. The normalized spacial score (nSPS) is 20.8. The number of hydrogen-bond donors (Lipinski definition) is 0. The van der Waals surface area contributed by atoms with Crippen LogP contribution in [0.15, 0.2) is 12.3 Å². The zero-order valence-electron chi connectivity index (χ0n) is 11.8. The summed E-state index contributed by atoms with van der Waals surface area (Å²) in [6.07, 6.45) is 4.88. The van der Waals surface area contributed by atoms with E-state index in [2.05, 4.69) is 4.18 Å². The molecule has 1 heterocycles. The first-order chi connectivity index (χ1) is 8.58. The maximum absolute atomic E-state index is 11.9. The van der Waals surface area contributed by atoms with Gasteiger partial charge in [0.15, 0.2) is 0 Å². The Morgan fingerprint density at radius 1 is 1.37 bits per heavy atom. The fraction of sp³-hybridized carbons (Fsp3) is 0.750.